The van der Waals surface area contributed by atoms with Crippen LogP contribution in [0.4, 0.5) is 0 Å². The number of benzene rings is 1. The van der Waals surface area contributed by atoms with Gasteiger partial charge in [0.05, 0.1) is 17.3 Å². The van der Waals surface area contributed by atoms with Gasteiger partial charge in [-0.3, -0.25) is 0 Å². The first kappa shape index (κ1) is 19.1. The number of hydrogen-bond acceptors (Lipinski definition) is 4. The molecule has 0 aliphatic carbocycles. The molecule has 1 rings (SSSR count). The van der Waals surface area contributed by atoms with Crippen LogP contribution in [0.2, 0.25) is 0 Å². The van der Waals surface area contributed by atoms with Crippen molar-refractivity contribution in [2.45, 2.75) is 58.0 Å². The van der Waals surface area contributed by atoms with Crippen LogP contribution < -0.4 is 5.32 Å². The average Bonchev–Trinajstić information content (AvgIpc) is 2.45. The number of rotatable bonds is 7. The molecule has 0 aromatic heterocycles. The summed E-state index contributed by atoms with van der Waals surface area (Å²) in [6.45, 7) is 10.2. The summed E-state index contributed by atoms with van der Waals surface area (Å²) in [4.78, 5) is 0.361. The predicted molar refractivity (Wildman–Crippen MR) is 90.7 cm³/mol. The fraction of sp³-hybridized carbons (Fsp3) is 0.647. The van der Waals surface area contributed by atoms with Gasteiger partial charge in [-0.25, -0.2) is 8.42 Å². The van der Waals surface area contributed by atoms with E-state index in [2.05, 4.69) is 26.1 Å². The SMILES string of the molecule is CCS(=O)(=O)c1ccc(C(C)NC(CO)CC(C)(C)C)cc1. The largest absolute Gasteiger partial charge is 0.395 e. The topological polar surface area (TPSA) is 66.4 Å². The molecule has 2 N–H and O–H groups in total. The average molecular weight is 327 g/mol. The molecule has 2 unspecified atom stereocenters. The number of sulfone groups is 1. The highest BCUT2D eigenvalue weighted by molar-refractivity contribution is 7.91. The first-order chi connectivity index (χ1) is 10.1. The summed E-state index contributed by atoms with van der Waals surface area (Å²) in [7, 11) is -3.15. The lowest BCUT2D eigenvalue weighted by molar-refractivity contribution is 0.190. The maximum absolute atomic E-state index is 11.8. The summed E-state index contributed by atoms with van der Waals surface area (Å²) in [5.74, 6) is 0.109. The first-order valence-corrected chi connectivity index (χ1v) is 9.44. The summed E-state index contributed by atoms with van der Waals surface area (Å²) in [6.07, 6.45) is 0.871. The highest BCUT2D eigenvalue weighted by Crippen LogP contribution is 2.23. The summed E-state index contributed by atoms with van der Waals surface area (Å²) in [5.41, 5.74) is 1.15. The molecular formula is C17H29NO3S. The molecule has 0 aliphatic heterocycles. The maximum atomic E-state index is 11.8. The molecule has 5 heteroatoms. The lowest BCUT2D eigenvalue weighted by Gasteiger charge is -2.28. The van der Waals surface area contributed by atoms with E-state index in [1.807, 2.05) is 19.1 Å². The van der Waals surface area contributed by atoms with Crippen LogP contribution in [0, 0.1) is 5.41 Å². The smallest absolute Gasteiger partial charge is 0.178 e. The van der Waals surface area contributed by atoms with Crippen LogP contribution in [0.5, 0.6) is 0 Å². The molecule has 0 spiro atoms. The summed E-state index contributed by atoms with van der Waals surface area (Å²) >= 11 is 0. The van der Waals surface area contributed by atoms with E-state index in [4.69, 9.17) is 0 Å². The van der Waals surface area contributed by atoms with E-state index in [0.29, 0.717) is 4.90 Å². The van der Waals surface area contributed by atoms with Gasteiger partial charge in [-0.1, -0.05) is 39.8 Å². The van der Waals surface area contributed by atoms with E-state index in [0.717, 1.165) is 12.0 Å². The first-order valence-electron chi connectivity index (χ1n) is 7.78. The summed E-state index contributed by atoms with van der Waals surface area (Å²) in [5, 5.41) is 12.9. The number of hydrogen-bond donors (Lipinski definition) is 2. The van der Waals surface area contributed by atoms with Gasteiger partial charge in [0.15, 0.2) is 9.84 Å². The van der Waals surface area contributed by atoms with Gasteiger partial charge in [0.25, 0.3) is 0 Å². The fourth-order valence-electron chi connectivity index (χ4n) is 2.50. The third kappa shape index (κ3) is 5.71. The molecule has 0 saturated heterocycles. The lowest BCUT2D eigenvalue weighted by Crippen LogP contribution is -2.37. The van der Waals surface area contributed by atoms with Gasteiger partial charge in [0.1, 0.15) is 0 Å². The fourth-order valence-corrected chi connectivity index (χ4v) is 3.38. The van der Waals surface area contributed by atoms with Crippen molar-refractivity contribution in [1.82, 2.24) is 5.32 Å². The zero-order chi connectivity index (χ0) is 17.0. The molecule has 2 atom stereocenters. The van der Waals surface area contributed by atoms with Crippen LogP contribution >= 0.6 is 0 Å². The minimum absolute atomic E-state index is 0.0223. The highest BCUT2D eigenvalue weighted by Gasteiger charge is 2.20. The zero-order valence-corrected chi connectivity index (χ0v) is 15.1. The van der Waals surface area contributed by atoms with Gasteiger partial charge in [0, 0.05) is 12.1 Å². The second-order valence-corrected chi connectivity index (χ2v) is 9.28. The Morgan fingerprint density at radius 3 is 2.14 bits per heavy atom. The normalized spacial score (nSPS) is 15.5. The molecule has 0 amide bonds. The molecule has 0 radical (unpaired) electrons. The third-order valence-corrected chi connectivity index (χ3v) is 5.43. The van der Waals surface area contributed by atoms with Crippen molar-refractivity contribution in [2.24, 2.45) is 5.41 Å². The lowest BCUT2D eigenvalue weighted by atomic mass is 9.88. The van der Waals surface area contributed by atoms with Gasteiger partial charge in [0.2, 0.25) is 0 Å². The number of nitrogens with one attached hydrogen (secondary N) is 1. The van der Waals surface area contributed by atoms with E-state index in [1.54, 1.807) is 19.1 Å². The van der Waals surface area contributed by atoms with Crippen LogP contribution in [-0.4, -0.2) is 31.9 Å². The molecule has 1 aromatic carbocycles. The second kappa shape index (κ2) is 7.57. The third-order valence-electron chi connectivity index (χ3n) is 3.68. The van der Waals surface area contributed by atoms with Gasteiger partial charge < -0.3 is 10.4 Å². The zero-order valence-electron chi connectivity index (χ0n) is 14.3. The molecule has 0 saturated carbocycles. The quantitative estimate of drug-likeness (QED) is 0.808. The Labute approximate surface area is 134 Å². The van der Waals surface area contributed by atoms with Crippen molar-refractivity contribution in [3.05, 3.63) is 29.8 Å². The maximum Gasteiger partial charge on any atom is 0.178 e. The minimum Gasteiger partial charge on any atom is -0.395 e. The van der Waals surface area contributed by atoms with Gasteiger partial charge in [-0.05, 0) is 36.5 Å². The molecule has 126 valence electrons. The van der Waals surface area contributed by atoms with Gasteiger partial charge >= 0.3 is 0 Å². The molecule has 0 aliphatic rings. The van der Waals surface area contributed by atoms with Crippen LogP contribution in [-0.2, 0) is 9.84 Å². The van der Waals surface area contributed by atoms with Crippen LogP contribution in [0.3, 0.4) is 0 Å². The van der Waals surface area contributed by atoms with Crippen LogP contribution in [0.15, 0.2) is 29.2 Å². The number of aliphatic hydroxyl groups is 1. The van der Waals surface area contributed by atoms with Gasteiger partial charge in [-0.2, -0.15) is 0 Å². The Morgan fingerprint density at radius 2 is 1.73 bits per heavy atom. The van der Waals surface area contributed by atoms with Crippen molar-refractivity contribution in [1.29, 1.82) is 0 Å². The van der Waals surface area contributed by atoms with Crippen LogP contribution in [0.1, 0.15) is 52.6 Å². The van der Waals surface area contributed by atoms with Gasteiger partial charge in [-0.15, -0.1) is 0 Å². The molecule has 0 fully saturated rings. The second-order valence-electron chi connectivity index (χ2n) is 7.01. The predicted octanol–water partition coefficient (Wildman–Crippen LogP) is 2.93. The number of aliphatic hydroxyl groups excluding tert-OH is 1. The van der Waals surface area contributed by atoms with Crippen molar-refractivity contribution < 1.29 is 13.5 Å². The summed E-state index contributed by atoms with van der Waals surface area (Å²) < 4.78 is 23.6. The van der Waals surface area contributed by atoms with Crippen molar-refractivity contribution in [3.8, 4) is 0 Å². The Hall–Kier alpha value is -0.910. The molecular weight excluding hydrogens is 298 g/mol. The Morgan fingerprint density at radius 1 is 1.18 bits per heavy atom. The minimum atomic E-state index is -3.15. The van der Waals surface area contributed by atoms with E-state index < -0.39 is 9.84 Å². The Balaban J connectivity index is 2.79. The van der Waals surface area contributed by atoms with Crippen molar-refractivity contribution in [3.63, 3.8) is 0 Å². The summed E-state index contributed by atoms with van der Waals surface area (Å²) in [6, 6.07) is 7.07. The van der Waals surface area contributed by atoms with E-state index >= 15 is 0 Å². The molecule has 0 bridgehead atoms. The van der Waals surface area contributed by atoms with E-state index in [9.17, 15) is 13.5 Å². The van der Waals surface area contributed by atoms with E-state index in [1.165, 1.54) is 0 Å². The molecule has 1 aromatic rings. The van der Waals surface area contributed by atoms with Crippen molar-refractivity contribution >= 4 is 9.84 Å². The highest BCUT2D eigenvalue weighted by atomic mass is 32.2. The molecule has 0 heterocycles. The van der Waals surface area contributed by atoms with Crippen LogP contribution in [0.25, 0.3) is 0 Å². The van der Waals surface area contributed by atoms with Crippen molar-refractivity contribution in [2.75, 3.05) is 12.4 Å². The molecule has 22 heavy (non-hydrogen) atoms. The Bertz CT molecular complexity index is 559. The monoisotopic (exact) mass is 327 g/mol. The van der Waals surface area contributed by atoms with E-state index in [-0.39, 0.29) is 29.9 Å². The Kier molecular flexibility index (Phi) is 6.59. The molecule has 4 nitrogen and oxygen atoms in total. The standard InChI is InChI=1S/C17H29NO3S/c1-6-22(20,21)16-9-7-14(8-10-16)13(2)18-15(12-19)11-17(3,4)5/h7-10,13,15,18-19H,6,11-12H2,1-5H3.